The lowest BCUT2D eigenvalue weighted by molar-refractivity contribution is 0.783. The van der Waals surface area contributed by atoms with Crippen LogP contribution in [0.15, 0.2) is 46.9 Å². The topological polar surface area (TPSA) is 52.2 Å². The fourth-order valence-corrected chi connectivity index (χ4v) is 3.11. The molecule has 0 aliphatic carbocycles. The number of hydrogen-bond donors (Lipinski definition) is 0. The summed E-state index contributed by atoms with van der Waals surface area (Å²) < 4.78 is 3.57. The standard InChI is InChI=1S/C15H16N4OS/c1-3-9-18-13(20)11-7-5-6-8-12(11)19-14(18)16-17-15(19)21-10-4-2/h3,5-8H,1,4,9-10H2,2H3. The molecule has 0 spiro atoms. The van der Waals surface area contributed by atoms with Crippen LogP contribution in [0.1, 0.15) is 13.3 Å². The number of aromatic nitrogens is 4. The van der Waals surface area contributed by atoms with Gasteiger partial charge in [-0.2, -0.15) is 0 Å². The van der Waals surface area contributed by atoms with E-state index in [1.165, 1.54) is 0 Å². The van der Waals surface area contributed by atoms with Crippen LogP contribution in [0.2, 0.25) is 0 Å². The van der Waals surface area contributed by atoms with Crippen molar-refractivity contribution in [3.63, 3.8) is 0 Å². The van der Waals surface area contributed by atoms with Gasteiger partial charge in [-0.05, 0) is 18.6 Å². The van der Waals surface area contributed by atoms with E-state index in [-0.39, 0.29) is 5.56 Å². The average molecular weight is 300 g/mol. The Balaban J connectivity index is 2.40. The minimum absolute atomic E-state index is 0.0579. The minimum atomic E-state index is -0.0579. The zero-order chi connectivity index (χ0) is 14.8. The molecule has 1 aromatic carbocycles. The first-order valence-corrected chi connectivity index (χ1v) is 7.86. The fraction of sp³-hybridized carbons (Fsp3) is 0.267. The van der Waals surface area contributed by atoms with Crippen LogP contribution in [-0.2, 0) is 6.54 Å². The predicted octanol–water partition coefficient (Wildman–Crippen LogP) is 2.73. The van der Waals surface area contributed by atoms with Crippen LogP contribution in [0.25, 0.3) is 16.7 Å². The van der Waals surface area contributed by atoms with Gasteiger partial charge in [0.2, 0.25) is 5.78 Å². The molecule has 0 aliphatic rings. The van der Waals surface area contributed by atoms with Crippen LogP contribution < -0.4 is 5.56 Å². The average Bonchev–Trinajstić information content (AvgIpc) is 2.93. The van der Waals surface area contributed by atoms with Gasteiger partial charge < -0.3 is 0 Å². The zero-order valence-electron chi connectivity index (χ0n) is 11.8. The highest BCUT2D eigenvalue weighted by molar-refractivity contribution is 7.99. The first kappa shape index (κ1) is 13.9. The molecular weight excluding hydrogens is 284 g/mol. The van der Waals surface area contributed by atoms with Gasteiger partial charge in [-0.1, -0.05) is 36.9 Å². The van der Waals surface area contributed by atoms with Crippen LogP contribution >= 0.6 is 11.8 Å². The minimum Gasteiger partial charge on any atom is -0.272 e. The maximum Gasteiger partial charge on any atom is 0.263 e. The summed E-state index contributed by atoms with van der Waals surface area (Å²) in [7, 11) is 0. The summed E-state index contributed by atoms with van der Waals surface area (Å²) in [6.07, 6.45) is 2.76. The zero-order valence-corrected chi connectivity index (χ0v) is 12.6. The Morgan fingerprint density at radius 2 is 2.14 bits per heavy atom. The van der Waals surface area contributed by atoms with Crippen LogP contribution in [0.4, 0.5) is 0 Å². The monoisotopic (exact) mass is 300 g/mol. The molecule has 5 nitrogen and oxygen atoms in total. The summed E-state index contributed by atoms with van der Waals surface area (Å²) >= 11 is 1.65. The van der Waals surface area contributed by atoms with Crippen molar-refractivity contribution in [1.29, 1.82) is 0 Å². The molecule has 2 aromatic heterocycles. The normalized spacial score (nSPS) is 11.3. The number of nitrogens with zero attached hydrogens (tertiary/aromatic N) is 4. The van der Waals surface area contributed by atoms with Gasteiger partial charge in [0.25, 0.3) is 5.56 Å². The van der Waals surface area contributed by atoms with Crippen LogP contribution in [0.5, 0.6) is 0 Å². The molecule has 6 heteroatoms. The van der Waals surface area contributed by atoms with Crippen molar-refractivity contribution < 1.29 is 0 Å². The number of benzene rings is 1. The quantitative estimate of drug-likeness (QED) is 0.537. The predicted molar refractivity (Wildman–Crippen MR) is 86.0 cm³/mol. The first-order chi connectivity index (χ1) is 10.3. The van der Waals surface area contributed by atoms with Crippen LogP contribution in [-0.4, -0.2) is 24.9 Å². The Morgan fingerprint density at radius 3 is 2.90 bits per heavy atom. The second kappa shape index (κ2) is 5.73. The van der Waals surface area contributed by atoms with Gasteiger partial charge >= 0.3 is 0 Å². The first-order valence-electron chi connectivity index (χ1n) is 6.88. The molecule has 0 aliphatic heterocycles. The Bertz CT molecular complexity index is 865. The van der Waals surface area contributed by atoms with Gasteiger partial charge in [0.05, 0.1) is 10.9 Å². The molecule has 0 saturated carbocycles. The van der Waals surface area contributed by atoms with Gasteiger partial charge in [0, 0.05) is 12.3 Å². The largest absolute Gasteiger partial charge is 0.272 e. The molecule has 0 radical (unpaired) electrons. The second-order valence-corrected chi connectivity index (χ2v) is 5.75. The summed E-state index contributed by atoms with van der Waals surface area (Å²) in [5.74, 6) is 1.53. The summed E-state index contributed by atoms with van der Waals surface area (Å²) in [5.41, 5.74) is 0.791. The molecule has 3 aromatic rings. The Morgan fingerprint density at radius 1 is 1.33 bits per heavy atom. The van der Waals surface area contributed by atoms with E-state index in [1.54, 1.807) is 22.4 Å². The van der Waals surface area contributed by atoms with Crippen molar-refractivity contribution in [2.45, 2.75) is 25.0 Å². The molecular formula is C15H16N4OS. The van der Waals surface area contributed by atoms with Gasteiger partial charge in [-0.15, -0.1) is 16.8 Å². The van der Waals surface area contributed by atoms with E-state index in [0.717, 1.165) is 22.8 Å². The van der Waals surface area contributed by atoms with Crippen molar-refractivity contribution in [1.82, 2.24) is 19.2 Å². The van der Waals surface area contributed by atoms with E-state index in [9.17, 15) is 4.79 Å². The van der Waals surface area contributed by atoms with E-state index in [0.29, 0.717) is 17.7 Å². The van der Waals surface area contributed by atoms with E-state index in [2.05, 4.69) is 23.7 Å². The molecule has 108 valence electrons. The van der Waals surface area contributed by atoms with E-state index >= 15 is 0 Å². The highest BCUT2D eigenvalue weighted by Gasteiger charge is 2.15. The number of thioether (sulfide) groups is 1. The highest BCUT2D eigenvalue weighted by Crippen LogP contribution is 2.21. The summed E-state index contributed by atoms with van der Waals surface area (Å²) in [6, 6.07) is 7.57. The Hall–Kier alpha value is -2.08. The highest BCUT2D eigenvalue weighted by atomic mass is 32.2. The summed E-state index contributed by atoms with van der Waals surface area (Å²) in [4.78, 5) is 12.6. The van der Waals surface area contributed by atoms with Gasteiger partial charge in [-0.3, -0.25) is 13.8 Å². The summed E-state index contributed by atoms with van der Waals surface area (Å²) in [6.45, 7) is 6.27. The third kappa shape index (κ3) is 2.25. The maximum atomic E-state index is 12.6. The van der Waals surface area contributed by atoms with E-state index in [1.807, 2.05) is 28.7 Å². The third-order valence-electron chi connectivity index (χ3n) is 3.23. The fourth-order valence-electron chi connectivity index (χ4n) is 2.31. The van der Waals surface area contributed by atoms with Crippen molar-refractivity contribution in [3.8, 4) is 0 Å². The number of rotatable bonds is 5. The molecule has 21 heavy (non-hydrogen) atoms. The molecule has 0 bridgehead atoms. The van der Waals surface area contributed by atoms with Crippen LogP contribution in [0.3, 0.4) is 0 Å². The van der Waals surface area contributed by atoms with Crippen LogP contribution in [0, 0.1) is 0 Å². The van der Waals surface area contributed by atoms with Gasteiger partial charge in [0.1, 0.15) is 0 Å². The molecule has 3 rings (SSSR count). The van der Waals surface area contributed by atoms with Crippen molar-refractivity contribution in [3.05, 3.63) is 47.3 Å². The lowest BCUT2D eigenvalue weighted by atomic mass is 10.2. The molecule has 0 atom stereocenters. The Labute approximate surface area is 126 Å². The molecule has 0 N–H and O–H groups in total. The maximum absolute atomic E-state index is 12.6. The SMILES string of the molecule is C=CCn1c(=O)c2ccccc2n2c(SCCC)nnc12. The molecule has 2 heterocycles. The van der Waals surface area contributed by atoms with Gasteiger partial charge in [-0.25, -0.2) is 0 Å². The molecule has 0 fully saturated rings. The number of fused-ring (bicyclic) bond motifs is 3. The third-order valence-corrected chi connectivity index (χ3v) is 4.36. The number of para-hydroxylation sites is 1. The van der Waals surface area contributed by atoms with Crippen molar-refractivity contribution in [2.24, 2.45) is 0 Å². The number of allylic oxidation sites excluding steroid dienone is 1. The van der Waals surface area contributed by atoms with Crippen molar-refractivity contribution in [2.75, 3.05) is 5.75 Å². The lowest BCUT2D eigenvalue weighted by Crippen LogP contribution is -2.22. The molecule has 0 amide bonds. The molecule has 0 unspecified atom stereocenters. The van der Waals surface area contributed by atoms with Crippen molar-refractivity contribution >= 4 is 28.4 Å². The lowest BCUT2D eigenvalue weighted by Gasteiger charge is -2.09. The van der Waals surface area contributed by atoms with E-state index < -0.39 is 0 Å². The summed E-state index contributed by atoms with van der Waals surface area (Å²) in [5, 5.41) is 9.95. The van der Waals surface area contributed by atoms with E-state index in [4.69, 9.17) is 0 Å². The molecule has 0 saturated heterocycles. The Kier molecular flexibility index (Phi) is 3.79. The smallest absolute Gasteiger partial charge is 0.263 e. The van der Waals surface area contributed by atoms with Gasteiger partial charge in [0.15, 0.2) is 5.16 Å². The number of hydrogen-bond acceptors (Lipinski definition) is 4. The second-order valence-electron chi connectivity index (χ2n) is 4.69.